The quantitative estimate of drug-likeness (QED) is 0.487. The summed E-state index contributed by atoms with van der Waals surface area (Å²) in [5, 5.41) is 0. The SMILES string of the molecule is O.[CH-]=C/C=C\[C](=[Ni])N1CC(C)(C)Oc2ccccc21. The van der Waals surface area contributed by atoms with E-state index in [2.05, 4.69) is 18.7 Å². The minimum absolute atomic E-state index is 0. The molecule has 0 unspecified atom stereocenters. The van der Waals surface area contributed by atoms with Gasteiger partial charge in [-0.25, -0.2) is 0 Å². The fraction of sp³-hybridized carbons (Fsp3) is 0.267. The molecule has 0 bridgehead atoms. The number of para-hydroxylation sites is 2. The second-order valence-electron chi connectivity index (χ2n) is 4.76. The van der Waals surface area contributed by atoms with Crippen molar-refractivity contribution in [2.75, 3.05) is 11.4 Å². The first-order chi connectivity index (χ1) is 8.53. The van der Waals surface area contributed by atoms with Crippen LogP contribution in [0.15, 0.2) is 42.5 Å². The van der Waals surface area contributed by atoms with E-state index in [-0.39, 0.29) is 11.1 Å². The summed E-state index contributed by atoms with van der Waals surface area (Å²) in [6, 6.07) is 7.94. The zero-order valence-corrected chi connectivity index (χ0v) is 12.0. The number of hydrogen-bond acceptors (Lipinski definition) is 2. The van der Waals surface area contributed by atoms with Crippen LogP contribution < -0.4 is 9.64 Å². The van der Waals surface area contributed by atoms with Crippen LogP contribution in [-0.4, -0.2) is 22.2 Å². The van der Waals surface area contributed by atoms with Gasteiger partial charge in [-0.15, -0.1) is 0 Å². The van der Waals surface area contributed by atoms with E-state index in [0.717, 1.165) is 22.6 Å². The Kier molecular flexibility index (Phi) is 5.10. The van der Waals surface area contributed by atoms with Crippen molar-refractivity contribution in [2.45, 2.75) is 19.4 Å². The Morgan fingerprint density at radius 3 is 2.79 bits per heavy atom. The third kappa shape index (κ3) is 3.55. The summed E-state index contributed by atoms with van der Waals surface area (Å²) >= 11 is 5.09. The van der Waals surface area contributed by atoms with Crippen LogP contribution in [0.4, 0.5) is 5.69 Å². The van der Waals surface area contributed by atoms with Crippen molar-refractivity contribution in [3.63, 3.8) is 0 Å². The monoisotopic (exact) mass is 302 g/mol. The summed E-state index contributed by atoms with van der Waals surface area (Å²) in [6.07, 6.45) is 5.08. The van der Waals surface area contributed by atoms with E-state index in [1.54, 1.807) is 6.08 Å². The van der Waals surface area contributed by atoms with Gasteiger partial charge in [0.15, 0.2) is 0 Å². The average molecular weight is 303 g/mol. The molecule has 0 saturated carbocycles. The number of rotatable bonds is 3. The Morgan fingerprint density at radius 2 is 2.11 bits per heavy atom. The predicted octanol–water partition coefficient (Wildman–Crippen LogP) is 2.06. The molecule has 1 aromatic carbocycles. The number of benzene rings is 1. The van der Waals surface area contributed by atoms with Crippen molar-refractivity contribution < 1.29 is 25.2 Å². The Hall–Kier alpha value is -1.38. The van der Waals surface area contributed by atoms with Crippen LogP contribution in [0.2, 0.25) is 0 Å². The Bertz CT molecular complexity index is 509. The molecule has 0 aliphatic carbocycles. The molecule has 1 aliphatic rings. The molecule has 0 atom stereocenters. The molecule has 1 aliphatic heterocycles. The van der Waals surface area contributed by atoms with Crippen LogP contribution in [0.3, 0.4) is 0 Å². The first kappa shape index (κ1) is 15.7. The van der Waals surface area contributed by atoms with Gasteiger partial charge in [0.1, 0.15) is 0 Å². The van der Waals surface area contributed by atoms with Gasteiger partial charge < -0.3 is 5.48 Å². The molecule has 1 aromatic rings. The van der Waals surface area contributed by atoms with Crippen molar-refractivity contribution in [1.29, 1.82) is 0 Å². The zero-order valence-electron chi connectivity index (χ0n) is 11.0. The summed E-state index contributed by atoms with van der Waals surface area (Å²) in [6.45, 7) is 10.2. The Balaban J connectivity index is 0.00000180. The fourth-order valence-corrected chi connectivity index (χ4v) is 2.25. The standard InChI is InChI=1S/C15H16NO.Ni.H2O/c1-4-5-8-11-16-12-15(2,3)17-14-10-7-6-9-13(14)16;;/h1,4-10H,12H2,2-3H3;;1H2/q-1;;/b8-5-;;. The summed E-state index contributed by atoms with van der Waals surface area (Å²) in [5.74, 6) is 0.869. The van der Waals surface area contributed by atoms with E-state index in [1.165, 1.54) is 6.08 Å². The van der Waals surface area contributed by atoms with Crippen LogP contribution in [-0.2, 0) is 15.0 Å². The molecule has 0 radical (unpaired) electrons. The molecule has 0 saturated heterocycles. The molecule has 4 heteroatoms. The molecule has 0 aromatic heterocycles. The third-order valence-electron chi connectivity index (χ3n) is 2.66. The van der Waals surface area contributed by atoms with E-state index in [1.807, 2.05) is 30.3 Å². The van der Waals surface area contributed by atoms with Crippen LogP contribution in [0.1, 0.15) is 13.8 Å². The van der Waals surface area contributed by atoms with E-state index < -0.39 is 0 Å². The van der Waals surface area contributed by atoms with Crippen LogP contribution >= 0.6 is 0 Å². The number of hydrogen-bond donors (Lipinski definition) is 0. The number of anilines is 1. The van der Waals surface area contributed by atoms with Crippen molar-refractivity contribution in [3.05, 3.63) is 49.1 Å². The fourth-order valence-electron chi connectivity index (χ4n) is 1.96. The van der Waals surface area contributed by atoms with Gasteiger partial charge in [0, 0.05) is 0 Å². The van der Waals surface area contributed by atoms with E-state index in [9.17, 15) is 0 Å². The number of ether oxygens (including phenoxy) is 1. The first-order valence-corrected chi connectivity index (χ1v) is 6.29. The van der Waals surface area contributed by atoms with Gasteiger partial charge in [-0.3, -0.25) is 0 Å². The third-order valence-corrected chi connectivity index (χ3v) is 3.09. The molecule has 19 heavy (non-hydrogen) atoms. The summed E-state index contributed by atoms with van der Waals surface area (Å²) < 4.78 is 6.73. The topological polar surface area (TPSA) is 44.0 Å². The molecule has 2 N–H and O–H groups in total. The van der Waals surface area contributed by atoms with Gasteiger partial charge in [0.2, 0.25) is 0 Å². The van der Waals surface area contributed by atoms with Crippen LogP contribution in [0, 0.1) is 6.58 Å². The maximum absolute atomic E-state index is 5.95. The minimum atomic E-state index is -0.259. The number of fused-ring (bicyclic) bond motifs is 1. The maximum atomic E-state index is 5.95. The van der Waals surface area contributed by atoms with Gasteiger partial charge >= 0.3 is 116 Å². The van der Waals surface area contributed by atoms with E-state index >= 15 is 0 Å². The zero-order chi connectivity index (χ0) is 13.2. The van der Waals surface area contributed by atoms with Gasteiger partial charge in [-0.05, 0) is 0 Å². The molecule has 0 fully saturated rings. The molecule has 0 spiro atoms. The van der Waals surface area contributed by atoms with Gasteiger partial charge in [0.05, 0.1) is 0 Å². The second-order valence-corrected chi connectivity index (χ2v) is 5.26. The van der Waals surface area contributed by atoms with E-state index in [0.29, 0.717) is 0 Å². The molecular weight excluding hydrogens is 285 g/mol. The predicted molar refractivity (Wildman–Crippen MR) is 75.1 cm³/mol. The molecule has 106 valence electrons. The molecule has 2 rings (SSSR count). The molecular formula is C15H18NNiO2-. The Labute approximate surface area is 121 Å². The van der Waals surface area contributed by atoms with Gasteiger partial charge in [0.25, 0.3) is 0 Å². The Morgan fingerprint density at radius 1 is 1.42 bits per heavy atom. The van der Waals surface area contributed by atoms with Crippen molar-refractivity contribution in [2.24, 2.45) is 0 Å². The van der Waals surface area contributed by atoms with Crippen molar-refractivity contribution >= 4 is 10.3 Å². The van der Waals surface area contributed by atoms with Crippen LogP contribution in [0.25, 0.3) is 0 Å². The molecule has 0 amide bonds. The van der Waals surface area contributed by atoms with Crippen molar-refractivity contribution in [3.8, 4) is 5.75 Å². The number of allylic oxidation sites excluding steroid dienone is 2. The average Bonchev–Trinajstić information content (AvgIpc) is 2.33. The normalized spacial score (nSPS) is 16.3. The summed E-state index contributed by atoms with van der Waals surface area (Å²) in [5.41, 5.74) is 0.755. The van der Waals surface area contributed by atoms with Crippen LogP contribution in [0.5, 0.6) is 5.75 Å². The summed E-state index contributed by atoms with van der Waals surface area (Å²) in [4.78, 5) is 2.10. The second kappa shape index (κ2) is 6.18. The number of nitrogens with zero attached hydrogens (tertiary/aromatic N) is 1. The molecule has 1 heterocycles. The summed E-state index contributed by atoms with van der Waals surface area (Å²) in [7, 11) is 0. The van der Waals surface area contributed by atoms with Crippen molar-refractivity contribution in [1.82, 2.24) is 0 Å². The van der Waals surface area contributed by atoms with E-state index in [4.69, 9.17) is 26.3 Å². The molecule has 3 nitrogen and oxygen atoms in total. The van der Waals surface area contributed by atoms with Gasteiger partial charge in [-0.1, -0.05) is 0 Å². The van der Waals surface area contributed by atoms with Gasteiger partial charge in [-0.2, -0.15) is 0 Å². The first-order valence-electron chi connectivity index (χ1n) is 5.80.